The fourth-order valence-corrected chi connectivity index (χ4v) is 1.65. The minimum absolute atomic E-state index is 0.124. The molecule has 5 heteroatoms. The standard InChI is InChI=1S/C12H11N3O2/c1-2-17-12(16)11-9(6-7-13)15-8-4-3-5-10(15)14-11/h3-5,8H,2,6H2,1H3. The molecule has 0 unspecified atom stereocenters. The van der Waals surface area contributed by atoms with Gasteiger partial charge in [0.25, 0.3) is 0 Å². The van der Waals surface area contributed by atoms with Crippen molar-refractivity contribution < 1.29 is 9.53 Å². The molecule has 0 aromatic carbocycles. The Hall–Kier alpha value is -2.35. The largest absolute Gasteiger partial charge is 0.461 e. The van der Waals surface area contributed by atoms with E-state index in [9.17, 15) is 4.79 Å². The van der Waals surface area contributed by atoms with Gasteiger partial charge >= 0.3 is 5.97 Å². The fourth-order valence-electron chi connectivity index (χ4n) is 1.65. The third-order valence-electron chi connectivity index (χ3n) is 2.34. The number of hydrogen-bond acceptors (Lipinski definition) is 4. The second-order valence-electron chi connectivity index (χ2n) is 3.39. The Morgan fingerprint density at radius 1 is 1.59 bits per heavy atom. The van der Waals surface area contributed by atoms with Crippen molar-refractivity contribution in [1.82, 2.24) is 9.38 Å². The van der Waals surface area contributed by atoms with E-state index in [-0.39, 0.29) is 12.1 Å². The van der Waals surface area contributed by atoms with Crippen molar-refractivity contribution in [3.63, 3.8) is 0 Å². The van der Waals surface area contributed by atoms with Gasteiger partial charge in [-0.2, -0.15) is 5.26 Å². The predicted molar refractivity (Wildman–Crippen MR) is 60.5 cm³/mol. The van der Waals surface area contributed by atoms with Crippen molar-refractivity contribution in [3.8, 4) is 6.07 Å². The Balaban J connectivity index is 2.58. The van der Waals surface area contributed by atoms with Crippen LogP contribution in [0.1, 0.15) is 23.1 Å². The minimum atomic E-state index is -0.485. The van der Waals surface area contributed by atoms with Gasteiger partial charge in [0.05, 0.1) is 24.8 Å². The Bertz CT molecular complexity index is 595. The monoisotopic (exact) mass is 229 g/mol. The Kier molecular flexibility index (Phi) is 3.06. The summed E-state index contributed by atoms with van der Waals surface area (Å²) in [5.41, 5.74) is 1.43. The number of fused-ring (bicyclic) bond motifs is 1. The topological polar surface area (TPSA) is 67.4 Å². The van der Waals surface area contributed by atoms with E-state index in [4.69, 9.17) is 10.00 Å². The molecule has 0 amide bonds. The Morgan fingerprint density at radius 2 is 2.41 bits per heavy atom. The molecule has 0 aliphatic rings. The van der Waals surface area contributed by atoms with Gasteiger partial charge in [0.1, 0.15) is 5.65 Å². The van der Waals surface area contributed by atoms with Gasteiger partial charge < -0.3 is 9.14 Å². The maximum atomic E-state index is 11.7. The van der Waals surface area contributed by atoms with E-state index in [0.29, 0.717) is 17.9 Å². The zero-order chi connectivity index (χ0) is 12.3. The molecule has 0 spiro atoms. The van der Waals surface area contributed by atoms with Crippen molar-refractivity contribution in [1.29, 1.82) is 5.26 Å². The molecule has 0 saturated carbocycles. The molecule has 2 aromatic heterocycles. The first-order chi connectivity index (χ1) is 8.27. The second kappa shape index (κ2) is 4.66. The number of rotatable bonds is 3. The van der Waals surface area contributed by atoms with Gasteiger partial charge in [0.2, 0.25) is 0 Å². The number of nitriles is 1. The number of pyridine rings is 1. The van der Waals surface area contributed by atoms with Crippen LogP contribution in [0.2, 0.25) is 0 Å². The lowest BCUT2D eigenvalue weighted by atomic mass is 10.2. The molecule has 5 nitrogen and oxygen atoms in total. The summed E-state index contributed by atoms with van der Waals surface area (Å²) < 4.78 is 6.65. The van der Waals surface area contributed by atoms with Gasteiger partial charge in [-0.05, 0) is 19.1 Å². The van der Waals surface area contributed by atoms with Crippen LogP contribution >= 0.6 is 0 Å². The summed E-state index contributed by atoms with van der Waals surface area (Å²) in [6.07, 6.45) is 1.90. The molecule has 2 aromatic rings. The summed E-state index contributed by atoms with van der Waals surface area (Å²) in [7, 11) is 0. The van der Waals surface area contributed by atoms with Crippen LogP contribution in [0.15, 0.2) is 24.4 Å². The SMILES string of the molecule is CCOC(=O)c1nc2ccccn2c1CC#N. The molecule has 0 N–H and O–H groups in total. The number of hydrogen-bond donors (Lipinski definition) is 0. The molecule has 0 fully saturated rings. The van der Waals surface area contributed by atoms with Gasteiger partial charge in [0.15, 0.2) is 5.69 Å². The van der Waals surface area contributed by atoms with E-state index in [1.807, 2.05) is 18.2 Å². The molecular formula is C12H11N3O2. The normalized spacial score (nSPS) is 10.1. The van der Waals surface area contributed by atoms with Crippen molar-refractivity contribution in [2.24, 2.45) is 0 Å². The average Bonchev–Trinajstić information content (AvgIpc) is 2.70. The quantitative estimate of drug-likeness (QED) is 0.749. The number of nitrogens with zero attached hydrogens (tertiary/aromatic N) is 3. The highest BCUT2D eigenvalue weighted by Crippen LogP contribution is 2.14. The number of imidazole rings is 1. The van der Waals surface area contributed by atoms with Crippen LogP contribution in [0.4, 0.5) is 0 Å². The van der Waals surface area contributed by atoms with Crippen LogP contribution < -0.4 is 0 Å². The molecule has 86 valence electrons. The summed E-state index contributed by atoms with van der Waals surface area (Å²) in [5, 5.41) is 8.79. The molecule has 0 bridgehead atoms. The molecule has 0 saturated heterocycles. The lowest BCUT2D eigenvalue weighted by Crippen LogP contribution is -2.08. The van der Waals surface area contributed by atoms with Crippen LogP contribution in [-0.2, 0) is 11.2 Å². The molecule has 0 aliphatic heterocycles. The van der Waals surface area contributed by atoms with E-state index in [2.05, 4.69) is 4.98 Å². The van der Waals surface area contributed by atoms with E-state index >= 15 is 0 Å². The number of aromatic nitrogens is 2. The molecule has 2 heterocycles. The van der Waals surface area contributed by atoms with Crippen molar-refractivity contribution in [3.05, 3.63) is 35.8 Å². The smallest absolute Gasteiger partial charge is 0.358 e. The maximum Gasteiger partial charge on any atom is 0.358 e. The maximum absolute atomic E-state index is 11.7. The van der Waals surface area contributed by atoms with E-state index < -0.39 is 5.97 Å². The summed E-state index contributed by atoms with van der Waals surface area (Å²) >= 11 is 0. The van der Waals surface area contributed by atoms with Crippen molar-refractivity contribution >= 4 is 11.6 Å². The van der Waals surface area contributed by atoms with E-state index in [1.54, 1.807) is 23.6 Å². The van der Waals surface area contributed by atoms with Crippen LogP contribution in [-0.4, -0.2) is 22.0 Å². The molecule has 0 atom stereocenters. The third-order valence-corrected chi connectivity index (χ3v) is 2.34. The molecule has 0 aliphatic carbocycles. The van der Waals surface area contributed by atoms with Crippen LogP contribution in [0, 0.1) is 11.3 Å². The highest BCUT2D eigenvalue weighted by Gasteiger charge is 2.19. The van der Waals surface area contributed by atoms with Crippen molar-refractivity contribution in [2.75, 3.05) is 6.61 Å². The predicted octanol–water partition coefficient (Wildman–Crippen LogP) is 1.58. The average molecular weight is 229 g/mol. The molecule has 17 heavy (non-hydrogen) atoms. The third kappa shape index (κ3) is 1.97. The first-order valence-electron chi connectivity index (χ1n) is 5.28. The van der Waals surface area contributed by atoms with Gasteiger partial charge in [0, 0.05) is 6.20 Å². The van der Waals surface area contributed by atoms with Crippen molar-refractivity contribution in [2.45, 2.75) is 13.3 Å². The van der Waals surface area contributed by atoms with Crippen LogP contribution in [0.3, 0.4) is 0 Å². The fraction of sp³-hybridized carbons (Fsp3) is 0.250. The van der Waals surface area contributed by atoms with E-state index in [0.717, 1.165) is 0 Å². The van der Waals surface area contributed by atoms with Crippen LogP contribution in [0.5, 0.6) is 0 Å². The second-order valence-corrected chi connectivity index (χ2v) is 3.39. The number of ether oxygens (including phenoxy) is 1. The van der Waals surface area contributed by atoms with Gasteiger partial charge in [-0.3, -0.25) is 0 Å². The Morgan fingerprint density at radius 3 is 3.12 bits per heavy atom. The summed E-state index contributed by atoms with van der Waals surface area (Å²) in [5.74, 6) is -0.485. The highest BCUT2D eigenvalue weighted by atomic mass is 16.5. The van der Waals surface area contributed by atoms with Gasteiger partial charge in [-0.25, -0.2) is 9.78 Å². The lowest BCUT2D eigenvalue weighted by molar-refractivity contribution is 0.0519. The van der Waals surface area contributed by atoms with Gasteiger partial charge in [-0.1, -0.05) is 6.07 Å². The number of carbonyl (C=O) groups is 1. The summed E-state index contributed by atoms with van der Waals surface area (Å²) in [6, 6.07) is 7.46. The minimum Gasteiger partial charge on any atom is -0.461 e. The summed E-state index contributed by atoms with van der Waals surface area (Å²) in [4.78, 5) is 15.9. The first kappa shape index (κ1) is 11.1. The highest BCUT2D eigenvalue weighted by molar-refractivity contribution is 5.89. The molecule has 2 rings (SSSR count). The zero-order valence-electron chi connectivity index (χ0n) is 9.38. The zero-order valence-corrected chi connectivity index (χ0v) is 9.38. The first-order valence-corrected chi connectivity index (χ1v) is 5.28. The summed E-state index contributed by atoms with van der Waals surface area (Å²) in [6.45, 7) is 2.02. The Labute approximate surface area is 98.3 Å². The van der Waals surface area contributed by atoms with Gasteiger partial charge in [-0.15, -0.1) is 0 Å². The molecule has 0 radical (unpaired) electrons. The van der Waals surface area contributed by atoms with E-state index in [1.165, 1.54) is 0 Å². The van der Waals surface area contributed by atoms with Crippen LogP contribution in [0.25, 0.3) is 5.65 Å². The lowest BCUT2D eigenvalue weighted by Gasteiger charge is -2.00. The molecular weight excluding hydrogens is 218 g/mol. The number of carbonyl (C=O) groups excluding carboxylic acids is 1. The number of esters is 1.